The SMILES string of the molecule is CNC(C1CCCC1)C(OC)C1CC1. The number of hydrogen-bond acceptors (Lipinski definition) is 2. The van der Waals surface area contributed by atoms with Crippen LogP contribution in [0.5, 0.6) is 0 Å². The zero-order valence-electron chi connectivity index (χ0n) is 9.46. The van der Waals surface area contributed by atoms with Gasteiger partial charge in [-0.05, 0) is 44.6 Å². The maximum absolute atomic E-state index is 5.68. The van der Waals surface area contributed by atoms with E-state index in [1.54, 1.807) is 0 Å². The molecule has 2 heteroatoms. The molecule has 2 atom stereocenters. The Morgan fingerprint density at radius 1 is 1.07 bits per heavy atom. The van der Waals surface area contributed by atoms with E-state index in [1.165, 1.54) is 38.5 Å². The third-order valence-electron chi connectivity index (χ3n) is 3.95. The first-order chi connectivity index (χ1) is 6.86. The minimum Gasteiger partial charge on any atom is -0.380 e. The van der Waals surface area contributed by atoms with Crippen molar-refractivity contribution in [2.24, 2.45) is 11.8 Å². The Morgan fingerprint density at radius 3 is 2.14 bits per heavy atom. The first-order valence-electron chi connectivity index (χ1n) is 6.07. The molecule has 0 saturated heterocycles. The van der Waals surface area contributed by atoms with Crippen LogP contribution in [0.1, 0.15) is 38.5 Å². The third-order valence-corrected chi connectivity index (χ3v) is 3.95. The monoisotopic (exact) mass is 197 g/mol. The van der Waals surface area contributed by atoms with E-state index in [1.807, 2.05) is 7.11 Å². The van der Waals surface area contributed by atoms with Crippen LogP contribution in [-0.4, -0.2) is 26.3 Å². The van der Waals surface area contributed by atoms with E-state index >= 15 is 0 Å². The van der Waals surface area contributed by atoms with Gasteiger partial charge in [-0.2, -0.15) is 0 Å². The average molecular weight is 197 g/mol. The molecule has 2 aliphatic rings. The molecule has 2 fully saturated rings. The van der Waals surface area contributed by atoms with Crippen LogP contribution in [0.3, 0.4) is 0 Å². The first-order valence-corrected chi connectivity index (χ1v) is 6.07. The fraction of sp³-hybridized carbons (Fsp3) is 1.00. The van der Waals surface area contributed by atoms with E-state index in [0.717, 1.165) is 11.8 Å². The molecular formula is C12H23NO. The molecular weight excluding hydrogens is 174 g/mol. The quantitative estimate of drug-likeness (QED) is 0.729. The highest BCUT2D eigenvalue weighted by molar-refractivity contribution is 4.94. The van der Waals surface area contributed by atoms with Crippen LogP contribution < -0.4 is 5.32 Å². The van der Waals surface area contributed by atoms with E-state index in [4.69, 9.17) is 4.74 Å². The second kappa shape index (κ2) is 4.63. The summed E-state index contributed by atoms with van der Waals surface area (Å²) < 4.78 is 5.68. The molecule has 0 aromatic carbocycles. The van der Waals surface area contributed by atoms with Gasteiger partial charge in [-0.25, -0.2) is 0 Å². The number of ether oxygens (including phenoxy) is 1. The van der Waals surface area contributed by atoms with Crippen molar-refractivity contribution in [1.29, 1.82) is 0 Å². The number of likely N-dealkylation sites (N-methyl/N-ethyl adjacent to an activating group) is 1. The fourth-order valence-electron chi connectivity index (χ4n) is 3.04. The van der Waals surface area contributed by atoms with Crippen LogP contribution in [0.4, 0.5) is 0 Å². The summed E-state index contributed by atoms with van der Waals surface area (Å²) in [6, 6.07) is 0.606. The van der Waals surface area contributed by atoms with Crippen LogP contribution >= 0.6 is 0 Å². The molecule has 2 nitrogen and oxygen atoms in total. The van der Waals surface area contributed by atoms with Gasteiger partial charge in [-0.1, -0.05) is 12.8 Å². The van der Waals surface area contributed by atoms with E-state index in [2.05, 4.69) is 12.4 Å². The van der Waals surface area contributed by atoms with Crippen molar-refractivity contribution in [2.45, 2.75) is 50.7 Å². The Bertz CT molecular complexity index is 173. The lowest BCUT2D eigenvalue weighted by molar-refractivity contribution is 0.0346. The lowest BCUT2D eigenvalue weighted by Gasteiger charge is -2.30. The molecule has 2 saturated carbocycles. The summed E-state index contributed by atoms with van der Waals surface area (Å²) in [5.74, 6) is 1.71. The lowest BCUT2D eigenvalue weighted by atomic mass is 9.91. The summed E-state index contributed by atoms with van der Waals surface area (Å²) in [4.78, 5) is 0. The zero-order chi connectivity index (χ0) is 9.97. The Morgan fingerprint density at radius 2 is 1.71 bits per heavy atom. The molecule has 2 rings (SSSR count). The smallest absolute Gasteiger partial charge is 0.0754 e. The molecule has 0 aliphatic heterocycles. The van der Waals surface area contributed by atoms with Crippen molar-refractivity contribution >= 4 is 0 Å². The largest absolute Gasteiger partial charge is 0.380 e. The first kappa shape index (κ1) is 10.4. The van der Waals surface area contributed by atoms with Gasteiger partial charge in [0.2, 0.25) is 0 Å². The van der Waals surface area contributed by atoms with Crippen molar-refractivity contribution in [3.8, 4) is 0 Å². The molecule has 0 heterocycles. The number of rotatable bonds is 5. The maximum atomic E-state index is 5.68. The van der Waals surface area contributed by atoms with Gasteiger partial charge in [-0.3, -0.25) is 0 Å². The number of methoxy groups -OCH3 is 1. The van der Waals surface area contributed by atoms with Crippen molar-refractivity contribution in [3.05, 3.63) is 0 Å². The van der Waals surface area contributed by atoms with E-state index < -0.39 is 0 Å². The molecule has 0 amide bonds. The van der Waals surface area contributed by atoms with E-state index in [9.17, 15) is 0 Å². The summed E-state index contributed by atoms with van der Waals surface area (Å²) in [6.45, 7) is 0. The molecule has 2 unspecified atom stereocenters. The Balaban J connectivity index is 1.94. The molecule has 1 N–H and O–H groups in total. The Kier molecular flexibility index (Phi) is 3.45. The standard InChI is InChI=1S/C12H23NO/c1-13-11(9-5-3-4-6-9)12(14-2)10-7-8-10/h9-13H,3-8H2,1-2H3. The Hall–Kier alpha value is -0.0800. The lowest BCUT2D eigenvalue weighted by Crippen LogP contribution is -2.45. The predicted molar refractivity (Wildman–Crippen MR) is 58.3 cm³/mol. The van der Waals surface area contributed by atoms with Crippen LogP contribution in [-0.2, 0) is 4.74 Å². The molecule has 2 aliphatic carbocycles. The Labute approximate surface area is 87.4 Å². The van der Waals surface area contributed by atoms with Crippen LogP contribution in [0, 0.1) is 11.8 Å². The summed E-state index contributed by atoms with van der Waals surface area (Å²) >= 11 is 0. The van der Waals surface area contributed by atoms with Crippen molar-refractivity contribution in [3.63, 3.8) is 0 Å². The molecule has 0 aromatic rings. The minimum atomic E-state index is 0.475. The highest BCUT2D eigenvalue weighted by Gasteiger charge is 2.39. The van der Waals surface area contributed by atoms with Gasteiger partial charge >= 0.3 is 0 Å². The zero-order valence-corrected chi connectivity index (χ0v) is 9.46. The number of hydrogen-bond donors (Lipinski definition) is 1. The molecule has 0 bridgehead atoms. The molecule has 82 valence electrons. The van der Waals surface area contributed by atoms with Crippen molar-refractivity contribution in [2.75, 3.05) is 14.2 Å². The highest BCUT2D eigenvalue weighted by atomic mass is 16.5. The van der Waals surface area contributed by atoms with Crippen LogP contribution in [0.2, 0.25) is 0 Å². The predicted octanol–water partition coefficient (Wildman–Crippen LogP) is 2.19. The second-order valence-electron chi connectivity index (χ2n) is 4.90. The van der Waals surface area contributed by atoms with Crippen molar-refractivity contribution < 1.29 is 4.74 Å². The van der Waals surface area contributed by atoms with Gasteiger partial charge in [0.15, 0.2) is 0 Å². The maximum Gasteiger partial charge on any atom is 0.0754 e. The van der Waals surface area contributed by atoms with Gasteiger partial charge in [0.1, 0.15) is 0 Å². The third kappa shape index (κ3) is 2.12. The van der Waals surface area contributed by atoms with Gasteiger partial charge in [0.25, 0.3) is 0 Å². The summed E-state index contributed by atoms with van der Waals surface area (Å²) in [5, 5.41) is 3.49. The minimum absolute atomic E-state index is 0.475. The molecule has 14 heavy (non-hydrogen) atoms. The van der Waals surface area contributed by atoms with Gasteiger partial charge in [-0.15, -0.1) is 0 Å². The molecule has 0 radical (unpaired) electrons. The molecule has 0 spiro atoms. The van der Waals surface area contributed by atoms with Gasteiger partial charge in [0.05, 0.1) is 6.10 Å². The van der Waals surface area contributed by atoms with E-state index in [-0.39, 0.29) is 0 Å². The van der Waals surface area contributed by atoms with Crippen LogP contribution in [0.15, 0.2) is 0 Å². The second-order valence-corrected chi connectivity index (χ2v) is 4.90. The van der Waals surface area contributed by atoms with Crippen LogP contribution in [0.25, 0.3) is 0 Å². The van der Waals surface area contributed by atoms with Crippen molar-refractivity contribution in [1.82, 2.24) is 5.32 Å². The fourth-order valence-corrected chi connectivity index (χ4v) is 3.04. The normalized spacial score (nSPS) is 27.9. The average Bonchev–Trinajstić information content (AvgIpc) is 2.90. The highest BCUT2D eigenvalue weighted by Crippen LogP contribution is 2.39. The molecule has 0 aromatic heterocycles. The summed E-state index contributed by atoms with van der Waals surface area (Å²) in [7, 11) is 3.97. The number of nitrogens with one attached hydrogen (secondary N) is 1. The summed E-state index contributed by atoms with van der Waals surface area (Å²) in [5.41, 5.74) is 0. The van der Waals surface area contributed by atoms with Gasteiger partial charge in [0, 0.05) is 13.2 Å². The summed E-state index contributed by atoms with van der Waals surface area (Å²) in [6.07, 6.45) is 8.87. The van der Waals surface area contributed by atoms with Gasteiger partial charge < -0.3 is 10.1 Å². The topological polar surface area (TPSA) is 21.3 Å². The van der Waals surface area contributed by atoms with E-state index in [0.29, 0.717) is 12.1 Å².